The highest BCUT2D eigenvalue weighted by molar-refractivity contribution is 7.16. The zero-order chi connectivity index (χ0) is 10.8. The fourth-order valence-corrected chi connectivity index (χ4v) is 1.61. The van der Waals surface area contributed by atoms with Gasteiger partial charge in [-0.2, -0.15) is 5.26 Å². The Balaban J connectivity index is 2.97. The lowest BCUT2D eigenvalue weighted by Gasteiger charge is -2.20. The quantitative estimate of drug-likeness (QED) is 0.786. The second kappa shape index (κ2) is 3.84. The fourth-order valence-electron chi connectivity index (χ4n) is 0.943. The van der Waals surface area contributed by atoms with Gasteiger partial charge in [0, 0.05) is 12.6 Å². The van der Waals surface area contributed by atoms with Crippen LogP contribution >= 0.6 is 11.3 Å². The highest BCUT2D eigenvalue weighted by Crippen LogP contribution is 2.27. The summed E-state index contributed by atoms with van der Waals surface area (Å²) >= 11 is 1.35. The monoisotopic (exact) mass is 210 g/mol. The smallest absolute Gasteiger partial charge is 0.185 e. The molecule has 0 aromatic carbocycles. The lowest BCUT2D eigenvalue weighted by molar-refractivity contribution is 0.631. The van der Waals surface area contributed by atoms with Crippen LogP contribution in [0.2, 0.25) is 0 Å². The summed E-state index contributed by atoms with van der Waals surface area (Å²) in [5.41, 5.74) is -0.0787. The second-order valence-electron chi connectivity index (χ2n) is 3.93. The number of thiazole rings is 1. The normalized spacial score (nSPS) is 10.8. The number of anilines is 2. The van der Waals surface area contributed by atoms with Gasteiger partial charge in [-0.25, -0.2) is 4.98 Å². The summed E-state index contributed by atoms with van der Waals surface area (Å²) in [7, 11) is 1.79. The predicted molar refractivity (Wildman–Crippen MR) is 59.8 cm³/mol. The molecule has 0 spiro atoms. The summed E-state index contributed by atoms with van der Waals surface area (Å²) < 4.78 is 0. The van der Waals surface area contributed by atoms with E-state index in [1.165, 1.54) is 11.3 Å². The molecule has 1 heterocycles. The molecule has 1 rings (SSSR count). The summed E-state index contributed by atoms with van der Waals surface area (Å²) in [4.78, 5) is 4.87. The summed E-state index contributed by atoms with van der Waals surface area (Å²) in [5, 5.41) is 15.8. The maximum Gasteiger partial charge on any atom is 0.185 e. The van der Waals surface area contributed by atoms with Crippen LogP contribution in [0.1, 0.15) is 25.6 Å². The van der Waals surface area contributed by atoms with E-state index in [0.29, 0.717) is 10.7 Å². The first-order valence-corrected chi connectivity index (χ1v) is 5.15. The molecular weight excluding hydrogens is 196 g/mol. The number of nitrogens with zero attached hydrogens (tertiary/aromatic N) is 2. The predicted octanol–water partition coefficient (Wildman–Crippen LogP) is 2.27. The molecule has 0 aliphatic carbocycles. The number of hydrogen-bond donors (Lipinski definition) is 2. The number of rotatable bonds is 2. The van der Waals surface area contributed by atoms with Crippen LogP contribution in [0.15, 0.2) is 0 Å². The van der Waals surface area contributed by atoms with Gasteiger partial charge in [-0.1, -0.05) is 11.3 Å². The van der Waals surface area contributed by atoms with Crippen LogP contribution in [0.5, 0.6) is 0 Å². The molecule has 1 aromatic heterocycles. The van der Waals surface area contributed by atoms with Crippen molar-refractivity contribution < 1.29 is 0 Å². The third kappa shape index (κ3) is 2.60. The molecule has 5 heteroatoms. The van der Waals surface area contributed by atoms with Crippen molar-refractivity contribution in [1.29, 1.82) is 5.26 Å². The van der Waals surface area contributed by atoms with Gasteiger partial charge in [0.15, 0.2) is 15.8 Å². The zero-order valence-corrected chi connectivity index (χ0v) is 9.62. The van der Waals surface area contributed by atoms with Crippen molar-refractivity contribution in [2.24, 2.45) is 0 Å². The summed E-state index contributed by atoms with van der Waals surface area (Å²) in [6.45, 7) is 6.10. The Bertz CT molecular complexity index is 356. The van der Waals surface area contributed by atoms with Crippen LogP contribution < -0.4 is 10.6 Å². The van der Waals surface area contributed by atoms with Gasteiger partial charge in [-0.15, -0.1) is 0 Å². The topological polar surface area (TPSA) is 60.7 Å². The largest absolute Gasteiger partial charge is 0.364 e. The molecule has 0 aliphatic rings. The highest BCUT2D eigenvalue weighted by atomic mass is 32.1. The van der Waals surface area contributed by atoms with Crippen molar-refractivity contribution in [1.82, 2.24) is 4.98 Å². The van der Waals surface area contributed by atoms with Crippen molar-refractivity contribution in [3.05, 3.63) is 4.88 Å². The van der Waals surface area contributed by atoms with Gasteiger partial charge in [0.05, 0.1) is 0 Å². The van der Waals surface area contributed by atoms with E-state index in [1.807, 2.05) is 20.8 Å². The van der Waals surface area contributed by atoms with Gasteiger partial charge in [0.2, 0.25) is 0 Å². The Hall–Kier alpha value is -1.28. The van der Waals surface area contributed by atoms with Crippen molar-refractivity contribution in [3.63, 3.8) is 0 Å². The molecule has 0 bridgehead atoms. The molecule has 4 nitrogen and oxygen atoms in total. The zero-order valence-electron chi connectivity index (χ0n) is 8.80. The Morgan fingerprint density at radius 2 is 2.07 bits per heavy atom. The van der Waals surface area contributed by atoms with E-state index < -0.39 is 0 Å². The highest BCUT2D eigenvalue weighted by Gasteiger charge is 2.16. The van der Waals surface area contributed by atoms with E-state index in [1.54, 1.807) is 7.05 Å². The maximum atomic E-state index is 8.88. The average molecular weight is 210 g/mol. The summed E-state index contributed by atoms with van der Waals surface area (Å²) in [5.74, 6) is 0.661. The van der Waals surface area contributed by atoms with Crippen LogP contribution in [0.4, 0.5) is 10.9 Å². The first-order valence-electron chi connectivity index (χ1n) is 4.33. The fraction of sp³-hybridized carbons (Fsp3) is 0.556. The van der Waals surface area contributed by atoms with Crippen molar-refractivity contribution in [3.8, 4) is 6.07 Å². The molecule has 0 unspecified atom stereocenters. The van der Waals surface area contributed by atoms with Gasteiger partial charge in [-0.3, -0.25) is 0 Å². The van der Waals surface area contributed by atoms with Crippen molar-refractivity contribution in [2.75, 3.05) is 17.7 Å². The van der Waals surface area contributed by atoms with Crippen LogP contribution in [0.25, 0.3) is 0 Å². The van der Waals surface area contributed by atoms with Gasteiger partial charge in [0.25, 0.3) is 0 Å². The molecule has 0 aliphatic heterocycles. The minimum absolute atomic E-state index is 0.0787. The van der Waals surface area contributed by atoms with E-state index in [9.17, 15) is 0 Å². The Morgan fingerprint density at radius 3 is 2.50 bits per heavy atom. The van der Waals surface area contributed by atoms with Crippen LogP contribution in [0, 0.1) is 11.3 Å². The molecule has 0 saturated heterocycles. The first kappa shape index (κ1) is 10.8. The third-order valence-corrected chi connectivity index (χ3v) is 2.41. The number of hydrogen-bond acceptors (Lipinski definition) is 5. The van der Waals surface area contributed by atoms with Gasteiger partial charge in [0.1, 0.15) is 6.07 Å². The summed E-state index contributed by atoms with van der Waals surface area (Å²) in [6, 6.07) is 2.13. The van der Waals surface area contributed by atoms with Crippen molar-refractivity contribution in [2.45, 2.75) is 26.3 Å². The van der Waals surface area contributed by atoms with E-state index in [0.717, 1.165) is 5.13 Å². The van der Waals surface area contributed by atoms with E-state index in [4.69, 9.17) is 5.26 Å². The van der Waals surface area contributed by atoms with Gasteiger partial charge < -0.3 is 10.6 Å². The molecule has 1 aromatic rings. The third-order valence-electron chi connectivity index (χ3n) is 1.44. The molecule has 0 radical (unpaired) electrons. The number of nitriles is 1. The average Bonchev–Trinajstić information content (AvgIpc) is 2.44. The van der Waals surface area contributed by atoms with E-state index >= 15 is 0 Å². The van der Waals surface area contributed by atoms with E-state index in [-0.39, 0.29) is 5.54 Å². The van der Waals surface area contributed by atoms with Crippen LogP contribution in [0.3, 0.4) is 0 Å². The maximum absolute atomic E-state index is 8.88. The Morgan fingerprint density at radius 1 is 1.43 bits per heavy atom. The van der Waals surface area contributed by atoms with Crippen molar-refractivity contribution >= 4 is 22.3 Å². The molecule has 0 atom stereocenters. The van der Waals surface area contributed by atoms with Crippen LogP contribution in [-0.2, 0) is 0 Å². The van der Waals surface area contributed by atoms with E-state index in [2.05, 4.69) is 21.7 Å². The lowest BCUT2D eigenvalue weighted by Crippen LogP contribution is -2.26. The first-order chi connectivity index (χ1) is 6.46. The minimum Gasteiger partial charge on any atom is -0.364 e. The van der Waals surface area contributed by atoms with Gasteiger partial charge >= 0.3 is 0 Å². The molecule has 14 heavy (non-hydrogen) atoms. The lowest BCUT2D eigenvalue weighted by atomic mass is 10.1. The standard InChI is InChI=1S/C9H14N4S/c1-9(2,3)13-7-6(5-10)14-8(11-4)12-7/h13H,1-4H3,(H,11,12). The summed E-state index contributed by atoms with van der Waals surface area (Å²) in [6.07, 6.45) is 0. The molecule has 0 fully saturated rings. The molecule has 2 N–H and O–H groups in total. The van der Waals surface area contributed by atoms with Gasteiger partial charge in [-0.05, 0) is 20.8 Å². The SMILES string of the molecule is CNc1nc(NC(C)(C)C)c(C#N)s1. The second-order valence-corrected chi connectivity index (χ2v) is 4.93. The Kier molecular flexibility index (Phi) is 2.96. The van der Waals surface area contributed by atoms with Crippen LogP contribution in [-0.4, -0.2) is 17.6 Å². The molecule has 0 saturated carbocycles. The molecule has 76 valence electrons. The number of nitrogens with one attached hydrogen (secondary N) is 2. The molecular formula is C9H14N4S. The Labute approximate surface area is 88.0 Å². The molecule has 0 amide bonds. The number of aromatic nitrogens is 1. The minimum atomic E-state index is -0.0787.